The number of halogens is 6. The molecule has 144 valence electrons. The van der Waals surface area contributed by atoms with E-state index in [9.17, 15) is 26.3 Å². The number of rotatable bonds is 2. The van der Waals surface area contributed by atoms with E-state index >= 15 is 0 Å². The van der Waals surface area contributed by atoms with Gasteiger partial charge in [0.1, 0.15) is 12.0 Å². The van der Waals surface area contributed by atoms with Crippen LogP contribution >= 0.6 is 12.2 Å². The van der Waals surface area contributed by atoms with Gasteiger partial charge in [0.25, 0.3) is 0 Å². The molecule has 3 N–H and O–H groups in total. The molecule has 12 heteroatoms. The van der Waals surface area contributed by atoms with Crippen molar-refractivity contribution in [3.63, 3.8) is 0 Å². The zero-order valence-electron chi connectivity index (χ0n) is 13.5. The van der Waals surface area contributed by atoms with Gasteiger partial charge in [-0.05, 0) is 13.0 Å². The molecule has 3 heterocycles. The fourth-order valence-electron chi connectivity index (χ4n) is 2.59. The Balaban J connectivity index is 2.05. The van der Waals surface area contributed by atoms with E-state index in [4.69, 9.17) is 5.73 Å². The van der Waals surface area contributed by atoms with Crippen LogP contribution in [0.4, 0.5) is 26.3 Å². The number of nitrogens with one attached hydrogen (secondary N) is 1. The Kier molecular flexibility index (Phi) is 4.58. The summed E-state index contributed by atoms with van der Waals surface area (Å²) in [5.74, 6) is -1.24. The molecular weight excluding hydrogens is 396 g/mol. The number of nitrogens with two attached hydrogens (primary N) is 1. The van der Waals surface area contributed by atoms with E-state index in [1.54, 1.807) is 0 Å². The number of aromatic amines is 1. The lowest BCUT2D eigenvalue weighted by atomic mass is 10.0. The zero-order chi connectivity index (χ0) is 20.1. The van der Waals surface area contributed by atoms with Crippen LogP contribution in [-0.2, 0) is 6.18 Å². The molecule has 2 atom stereocenters. The molecule has 2 aromatic rings. The van der Waals surface area contributed by atoms with Crippen LogP contribution in [0.3, 0.4) is 0 Å². The first-order chi connectivity index (χ1) is 12.4. The van der Waals surface area contributed by atoms with Crippen LogP contribution in [0.1, 0.15) is 24.1 Å². The van der Waals surface area contributed by atoms with Crippen LogP contribution in [0.2, 0.25) is 0 Å². The molecule has 0 bridgehead atoms. The standard InChI is InChI=1S/C15H11F6N5S/c1-5(13-25-11(15(19,20)21)10(27)12(22)26-13)8-2-6-7(14(16,17)18)3-23-9(6)4-24-8/h2-5,12,23H,22H2,1H3. The molecule has 0 radical (unpaired) electrons. The summed E-state index contributed by atoms with van der Waals surface area (Å²) in [6.07, 6.45) is -8.88. The second-order valence-electron chi connectivity index (χ2n) is 5.83. The summed E-state index contributed by atoms with van der Waals surface area (Å²) in [7, 11) is 0. The predicted molar refractivity (Wildman–Crippen MR) is 91.0 cm³/mol. The van der Waals surface area contributed by atoms with Gasteiger partial charge >= 0.3 is 12.4 Å². The summed E-state index contributed by atoms with van der Waals surface area (Å²) in [5, 5.41) is -0.157. The van der Waals surface area contributed by atoms with Crippen LogP contribution in [0.15, 0.2) is 28.4 Å². The summed E-state index contributed by atoms with van der Waals surface area (Å²) in [6.45, 7) is 1.42. The van der Waals surface area contributed by atoms with Gasteiger partial charge in [-0.1, -0.05) is 12.2 Å². The smallest absolute Gasteiger partial charge is 0.359 e. The summed E-state index contributed by atoms with van der Waals surface area (Å²) in [6, 6.07) is 1.14. The molecular formula is C15H11F6N5S. The minimum absolute atomic E-state index is 0.0663. The lowest BCUT2D eigenvalue weighted by molar-refractivity contribution is -0.136. The SMILES string of the molecule is CC(C1=NC(N)C(=S)C(C(F)(F)F)=N1)c1cc2c(C(F)(F)F)c[nH]c2cn1. The molecule has 0 aliphatic carbocycles. The van der Waals surface area contributed by atoms with Crippen LogP contribution in [0.25, 0.3) is 10.9 Å². The Morgan fingerprint density at radius 2 is 1.85 bits per heavy atom. The van der Waals surface area contributed by atoms with Crippen molar-refractivity contribution in [3.8, 4) is 0 Å². The molecule has 0 spiro atoms. The van der Waals surface area contributed by atoms with Crippen LogP contribution < -0.4 is 5.73 Å². The van der Waals surface area contributed by atoms with Crippen LogP contribution in [0, 0.1) is 0 Å². The van der Waals surface area contributed by atoms with Crippen molar-refractivity contribution in [2.24, 2.45) is 15.7 Å². The second-order valence-corrected chi connectivity index (χ2v) is 6.27. The Labute approximate surface area is 153 Å². The maximum Gasteiger partial charge on any atom is 0.434 e. The van der Waals surface area contributed by atoms with E-state index in [0.717, 1.165) is 12.3 Å². The number of nitrogens with zero attached hydrogens (tertiary/aromatic N) is 3. The number of hydrogen-bond donors (Lipinski definition) is 2. The van der Waals surface area contributed by atoms with E-state index < -0.39 is 40.6 Å². The number of aromatic nitrogens is 2. The predicted octanol–water partition coefficient (Wildman–Crippen LogP) is 3.76. The minimum Gasteiger partial charge on any atom is -0.359 e. The van der Waals surface area contributed by atoms with Gasteiger partial charge in [0, 0.05) is 11.6 Å². The maximum atomic E-state index is 13.1. The third-order valence-electron chi connectivity index (χ3n) is 3.99. The highest BCUT2D eigenvalue weighted by atomic mass is 32.1. The van der Waals surface area contributed by atoms with E-state index in [1.807, 2.05) is 0 Å². The first-order valence-electron chi connectivity index (χ1n) is 7.47. The lowest BCUT2D eigenvalue weighted by Gasteiger charge is -2.22. The third kappa shape index (κ3) is 3.58. The molecule has 0 saturated carbocycles. The number of fused-ring (bicyclic) bond motifs is 1. The highest BCUT2D eigenvalue weighted by molar-refractivity contribution is 7.82. The monoisotopic (exact) mass is 407 g/mol. The van der Waals surface area contributed by atoms with Crippen LogP contribution in [-0.4, -0.2) is 38.7 Å². The number of hydrogen-bond acceptors (Lipinski definition) is 5. The summed E-state index contributed by atoms with van der Waals surface area (Å²) in [5.41, 5.74) is 3.51. The molecule has 3 rings (SSSR count). The molecule has 0 fully saturated rings. The van der Waals surface area contributed by atoms with Crippen molar-refractivity contribution in [3.05, 3.63) is 29.7 Å². The maximum absolute atomic E-state index is 13.1. The number of alkyl halides is 6. The fraction of sp³-hybridized carbons (Fsp3) is 0.333. The van der Waals surface area contributed by atoms with Crippen molar-refractivity contribution in [2.45, 2.75) is 31.4 Å². The van der Waals surface area contributed by atoms with Gasteiger partial charge < -0.3 is 10.7 Å². The van der Waals surface area contributed by atoms with Gasteiger partial charge in [-0.25, -0.2) is 9.98 Å². The number of aliphatic imine (C=N–C) groups is 2. The van der Waals surface area contributed by atoms with Crippen molar-refractivity contribution < 1.29 is 26.3 Å². The molecule has 2 aromatic heterocycles. The van der Waals surface area contributed by atoms with Crippen molar-refractivity contribution in [1.29, 1.82) is 0 Å². The Morgan fingerprint density at radius 1 is 1.19 bits per heavy atom. The first-order valence-corrected chi connectivity index (χ1v) is 7.88. The van der Waals surface area contributed by atoms with E-state index in [1.165, 1.54) is 13.1 Å². The molecule has 0 amide bonds. The molecule has 27 heavy (non-hydrogen) atoms. The first kappa shape index (κ1) is 19.4. The van der Waals surface area contributed by atoms with E-state index in [-0.39, 0.29) is 22.4 Å². The molecule has 5 nitrogen and oxygen atoms in total. The molecule has 1 aliphatic heterocycles. The number of pyridine rings is 1. The molecule has 1 aliphatic rings. The number of thiocarbonyl (C=S) groups is 1. The van der Waals surface area contributed by atoms with Crippen molar-refractivity contribution in [2.75, 3.05) is 0 Å². The highest BCUT2D eigenvalue weighted by Gasteiger charge is 2.43. The van der Waals surface area contributed by atoms with Crippen molar-refractivity contribution in [1.82, 2.24) is 9.97 Å². The Bertz CT molecular complexity index is 971. The summed E-state index contributed by atoms with van der Waals surface area (Å²) < 4.78 is 78.5. The minimum atomic E-state index is -4.82. The average Bonchev–Trinajstić information content (AvgIpc) is 2.98. The van der Waals surface area contributed by atoms with Crippen LogP contribution in [0.5, 0.6) is 0 Å². The Morgan fingerprint density at radius 3 is 2.44 bits per heavy atom. The summed E-state index contributed by atoms with van der Waals surface area (Å²) in [4.78, 5) is 13.1. The lowest BCUT2D eigenvalue weighted by Crippen LogP contribution is -2.44. The van der Waals surface area contributed by atoms with Gasteiger partial charge in [0.15, 0.2) is 5.71 Å². The Hall–Kier alpha value is -2.34. The summed E-state index contributed by atoms with van der Waals surface area (Å²) >= 11 is 4.64. The topological polar surface area (TPSA) is 79.4 Å². The van der Waals surface area contributed by atoms with Gasteiger partial charge in [0.2, 0.25) is 0 Å². The highest BCUT2D eigenvalue weighted by Crippen LogP contribution is 2.35. The van der Waals surface area contributed by atoms with Gasteiger partial charge in [-0.2, -0.15) is 26.3 Å². The third-order valence-corrected chi connectivity index (χ3v) is 4.43. The quantitative estimate of drug-likeness (QED) is 0.588. The molecule has 2 unspecified atom stereocenters. The van der Waals surface area contributed by atoms with E-state index in [0.29, 0.717) is 0 Å². The average molecular weight is 407 g/mol. The van der Waals surface area contributed by atoms with Crippen molar-refractivity contribution >= 4 is 39.5 Å². The molecule has 0 aromatic carbocycles. The number of amidine groups is 1. The zero-order valence-corrected chi connectivity index (χ0v) is 14.3. The second kappa shape index (κ2) is 6.37. The largest absolute Gasteiger partial charge is 0.434 e. The van der Waals surface area contributed by atoms with Gasteiger partial charge in [-0.15, -0.1) is 0 Å². The van der Waals surface area contributed by atoms with Gasteiger partial charge in [-0.3, -0.25) is 4.98 Å². The number of H-pyrrole nitrogens is 1. The van der Waals surface area contributed by atoms with E-state index in [2.05, 4.69) is 32.2 Å². The van der Waals surface area contributed by atoms with Gasteiger partial charge in [0.05, 0.1) is 33.8 Å². The molecule has 0 saturated heterocycles. The fourth-order valence-corrected chi connectivity index (χ4v) is 2.81. The normalized spacial score (nSPS) is 19.9.